The molecule has 0 bridgehead atoms. The number of nitrogens with two attached hydrogens (primary N) is 1. The quantitative estimate of drug-likeness (QED) is 0.857. The van der Waals surface area contributed by atoms with E-state index in [0.29, 0.717) is 24.7 Å². The van der Waals surface area contributed by atoms with Crippen molar-refractivity contribution in [2.75, 3.05) is 14.1 Å². The fourth-order valence-corrected chi connectivity index (χ4v) is 1.88. The van der Waals surface area contributed by atoms with Crippen LogP contribution in [0.5, 0.6) is 0 Å². The van der Waals surface area contributed by atoms with Gasteiger partial charge in [0, 0.05) is 12.5 Å². The third-order valence-corrected chi connectivity index (χ3v) is 2.86. The molecule has 5 nitrogen and oxygen atoms in total. The molecule has 2 rings (SSSR count). The monoisotopic (exact) mass is 260 g/mol. The smallest absolute Gasteiger partial charge is 0.226 e. The van der Waals surface area contributed by atoms with Crippen LogP contribution in [0.15, 0.2) is 34.9 Å². The predicted octanol–water partition coefficient (Wildman–Crippen LogP) is 1.76. The van der Waals surface area contributed by atoms with Gasteiger partial charge in [-0.05, 0) is 26.1 Å². The van der Waals surface area contributed by atoms with Gasteiger partial charge in [0.05, 0.1) is 6.54 Å². The number of benzene rings is 1. The van der Waals surface area contributed by atoms with E-state index in [1.165, 1.54) is 0 Å². The Bertz CT molecular complexity index is 495. The number of rotatable bonds is 6. The number of hydrogen-bond acceptors (Lipinski definition) is 5. The maximum atomic E-state index is 6.13. The van der Waals surface area contributed by atoms with E-state index in [0.717, 1.165) is 12.0 Å². The second-order valence-corrected chi connectivity index (χ2v) is 4.90. The van der Waals surface area contributed by atoms with Crippen LogP contribution in [0, 0.1) is 0 Å². The Morgan fingerprint density at radius 1 is 1.26 bits per heavy atom. The molecule has 0 saturated heterocycles. The van der Waals surface area contributed by atoms with E-state index in [4.69, 9.17) is 10.3 Å². The molecule has 0 aliphatic rings. The number of aromatic nitrogens is 2. The van der Waals surface area contributed by atoms with Gasteiger partial charge in [0.1, 0.15) is 0 Å². The molecular formula is C14H20N4O. The van der Waals surface area contributed by atoms with Crippen molar-refractivity contribution in [2.24, 2.45) is 5.73 Å². The summed E-state index contributed by atoms with van der Waals surface area (Å²) in [5, 5.41) is 3.94. The van der Waals surface area contributed by atoms with Crippen molar-refractivity contribution in [1.29, 1.82) is 0 Å². The summed E-state index contributed by atoms with van der Waals surface area (Å²) in [6.45, 7) is 0.689. The standard InChI is InChI=1S/C14H20N4O/c1-18(2)10-13-16-14(19-17-13)9-8-12(15)11-6-4-3-5-7-11/h3-7,12H,8-10,15H2,1-2H3. The molecule has 2 N–H and O–H groups in total. The van der Waals surface area contributed by atoms with Gasteiger partial charge in [-0.25, -0.2) is 0 Å². The van der Waals surface area contributed by atoms with Gasteiger partial charge in [-0.1, -0.05) is 35.5 Å². The highest BCUT2D eigenvalue weighted by molar-refractivity contribution is 5.18. The molecule has 0 radical (unpaired) electrons. The van der Waals surface area contributed by atoms with Crippen LogP contribution in [0.4, 0.5) is 0 Å². The first-order valence-corrected chi connectivity index (χ1v) is 6.42. The predicted molar refractivity (Wildman–Crippen MR) is 73.4 cm³/mol. The van der Waals surface area contributed by atoms with Gasteiger partial charge in [-0.2, -0.15) is 4.98 Å². The lowest BCUT2D eigenvalue weighted by molar-refractivity contribution is 0.346. The molecule has 1 atom stereocenters. The van der Waals surface area contributed by atoms with E-state index in [9.17, 15) is 0 Å². The first-order valence-electron chi connectivity index (χ1n) is 6.42. The molecular weight excluding hydrogens is 240 g/mol. The molecule has 0 saturated carbocycles. The summed E-state index contributed by atoms with van der Waals surface area (Å²) >= 11 is 0. The van der Waals surface area contributed by atoms with Gasteiger partial charge >= 0.3 is 0 Å². The molecule has 0 fully saturated rings. The molecule has 2 aromatic rings. The topological polar surface area (TPSA) is 68.2 Å². The highest BCUT2D eigenvalue weighted by Crippen LogP contribution is 2.15. The molecule has 102 valence electrons. The minimum absolute atomic E-state index is 0.00500. The number of hydrogen-bond donors (Lipinski definition) is 1. The molecule has 1 heterocycles. The normalized spacial score (nSPS) is 12.8. The second kappa shape index (κ2) is 6.45. The summed E-state index contributed by atoms with van der Waals surface area (Å²) in [4.78, 5) is 6.35. The first-order chi connectivity index (χ1) is 9.15. The van der Waals surface area contributed by atoms with E-state index < -0.39 is 0 Å². The molecule has 5 heteroatoms. The second-order valence-electron chi connectivity index (χ2n) is 4.90. The average molecular weight is 260 g/mol. The Morgan fingerprint density at radius 3 is 2.68 bits per heavy atom. The minimum atomic E-state index is 0.00500. The van der Waals surface area contributed by atoms with E-state index in [1.54, 1.807) is 0 Å². The van der Waals surface area contributed by atoms with Gasteiger partial charge in [-0.3, -0.25) is 0 Å². The lowest BCUT2D eigenvalue weighted by Gasteiger charge is -2.09. The summed E-state index contributed by atoms with van der Waals surface area (Å²) < 4.78 is 5.21. The van der Waals surface area contributed by atoms with Crippen molar-refractivity contribution in [1.82, 2.24) is 15.0 Å². The van der Waals surface area contributed by atoms with Crippen molar-refractivity contribution in [3.8, 4) is 0 Å². The highest BCUT2D eigenvalue weighted by Gasteiger charge is 2.10. The van der Waals surface area contributed by atoms with Crippen LogP contribution >= 0.6 is 0 Å². The molecule has 0 spiro atoms. The lowest BCUT2D eigenvalue weighted by Crippen LogP contribution is -2.12. The van der Waals surface area contributed by atoms with Gasteiger partial charge < -0.3 is 15.2 Å². The zero-order chi connectivity index (χ0) is 13.7. The largest absolute Gasteiger partial charge is 0.339 e. The minimum Gasteiger partial charge on any atom is -0.339 e. The Hall–Kier alpha value is -1.72. The Labute approximate surface area is 113 Å². The fourth-order valence-electron chi connectivity index (χ4n) is 1.88. The van der Waals surface area contributed by atoms with Gasteiger partial charge in [0.2, 0.25) is 5.89 Å². The molecule has 0 aliphatic carbocycles. The van der Waals surface area contributed by atoms with Gasteiger partial charge in [-0.15, -0.1) is 0 Å². The van der Waals surface area contributed by atoms with Crippen molar-refractivity contribution >= 4 is 0 Å². The van der Waals surface area contributed by atoms with Crippen LogP contribution in [-0.2, 0) is 13.0 Å². The highest BCUT2D eigenvalue weighted by atomic mass is 16.5. The van der Waals surface area contributed by atoms with Crippen molar-refractivity contribution < 1.29 is 4.52 Å². The van der Waals surface area contributed by atoms with Crippen molar-refractivity contribution in [3.63, 3.8) is 0 Å². The molecule has 1 unspecified atom stereocenters. The van der Waals surface area contributed by atoms with Crippen LogP contribution in [0.1, 0.15) is 29.7 Å². The summed E-state index contributed by atoms with van der Waals surface area (Å²) in [6, 6.07) is 10.1. The van der Waals surface area contributed by atoms with Crippen LogP contribution < -0.4 is 5.73 Å². The lowest BCUT2D eigenvalue weighted by atomic mass is 10.0. The van der Waals surface area contributed by atoms with Gasteiger partial charge in [0.15, 0.2) is 5.82 Å². The van der Waals surface area contributed by atoms with Crippen molar-refractivity contribution in [3.05, 3.63) is 47.6 Å². The summed E-state index contributed by atoms with van der Waals surface area (Å²) in [7, 11) is 3.95. The van der Waals surface area contributed by atoms with Gasteiger partial charge in [0.25, 0.3) is 0 Å². The SMILES string of the molecule is CN(C)Cc1noc(CCC(N)c2ccccc2)n1. The summed E-state index contributed by atoms with van der Waals surface area (Å²) in [5.41, 5.74) is 7.27. The molecule has 1 aromatic heterocycles. The van der Waals surface area contributed by atoms with Crippen LogP contribution in [0.25, 0.3) is 0 Å². The van der Waals surface area contributed by atoms with E-state index in [2.05, 4.69) is 10.1 Å². The van der Waals surface area contributed by atoms with Crippen molar-refractivity contribution in [2.45, 2.75) is 25.4 Å². The fraction of sp³-hybridized carbons (Fsp3) is 0.429. The van der Waals surface area contributed by atoms with Crippen LogP contribution in [0.2, 0.25) is 0 Å². The van der Waals surface area contributed by atoms with E-state index in [-0.39, 0.29) is 6.04 Å². The van der Waals surface area contributed by atoms with Crippen LogP contribution in [0.3, 0.4) is 0 Å². The van der Waals surface area contributed by atoms with E-state index >= 15 is 0 Å². The Morgan fingerprint density at radius 2 is 2.00 bits per heavy atom. The maximum absolute atomic E-state index is 6.13. The number of nitrogens with zero attached hydrogens (tertiary/aromatic N) is 3. The average Bonchev–Trinajstić information content (AvgIpc) is 2.84. The maximum Gasteiger partial charge on any atom is 0.226 e. The number of aryl methyl sites for hydroxylation is 1. The third kappa shape index (κ3) is 4.15. The zero-order valence-corrected chi connectivity index (χ0v) is 11.4. The van der Waals surface area contributed by atoms with Crippen LogP contribution in [-0.4, -0.2) is 29.1 Å². The Balaban J connectivity index is 1.87. The Kier molecular flexibility index (Phi) is 4.65. The molecule has 0 aliphatic heterocycles. The molecule has 1 aromatic carbocycles. The molecule has 19 heavy (non-hydrogen) atoms. The first kappa shape index (κ1) is 13.7. The van der Waals surface area contributed by atoms with E-state index in [1.807, 2.05) is 49.3 Å². The summed E-state index contributed by atoms with van der Waals surface area (Å²) in [5.74, 6) is 1.37. The zero-order valence-electron chi connectivity index (χ0n) is 11.4. The summed E-state index contributed by atoms with van der Waals surface area (Å²) in [6.07, 6.45) is 1.50. The third-order valence-electron chi connectivity index (χ3n) is 2.86. The molecule has 0 amide bonds.